The van der Waals surface area contributed by atoms with Gasteiger partial charge in [0.15, 0.2) is 0 Å². The summed E-state index contributed by atoms with van der Waals surface area (Å²) in [6.07, 6.45) is 4.91. The minimum atomic E-state index is -0.814. The minimum absolute atomic E-state index is 0.0317. The molecule has 2 bridgehead atoms. The summed E-state index contributed by atoms with van der Waals surface area (Å²) in [6.45, 7) is 20.3. The number of rotatable bonds is 14. The van der Waals surface area contributed by atoms with Crippen LogP contribution in [0.25, 0.3) is 0 Å². The highest BCUT2D eigenvalue weighted by Gasteiger charge is 2.77. The first-order chi connectivity index (χ1) is 20.6. The van der Waals surface area contributed by atoms with Crippen molar-refractivity contribution in [3.8, 4) is 0 Å². The third-order valence-corrected chi connectivity index (χ3v) is 12.3. The van der Waals surface area contributed by atoms with Crippen molar-refractivity contribution in [2.45, 2.75) is 69.5 Å². The van der Waals surface area contributed by atoms with Crippen LogP contribution in [0.1, 0.15) is 47.5 Å². The Bertz CT molecular complexity index is 1200. The van der Waals surface area contributed by atoms with Crippen LogP contribution >= 0.6 is 11.8 Å². The van der Waals surface area contributed by atoms with Crippen molar-refractivity contribution >= 4 is 40.9 Å². The zero-order chi connectivity index (χ0) is 31.6. The molecule has 9 heteroatoms. The molecule has 1 aromatic rings. The average molecular weight is 611 g/mol. The van der Waals surface area contributed by atoms with Crippen LogP contribution < -0.4 is 9.80 Å². The van der Waals surface area contributed by atoms with Gasteiger partial charge >= 0.3 is 0 Å². The van der Waals surface area contributed by atoms with Crippen LogP contribution in [0.5, 0.6) is 0 Å². The number of likely N-dealkylation sites (tertiary alicyclic amines) is 1. The predicted molar refractivity (Wildman–Crippen MR) is 176 cm³/mol. The van der Waals surface area contributed by atoms with Crippen molar-refractivity contribution < 1.29 is 19.5 Å². The van der Waals surface area contributed by atoms with Gasteiger partial charge in [0, 0.05) is 49.9 Å². The molecule has 0 aliphatic carbocycles. The third kappa shape index (κ3) is 5.41. The molecule has 1 aromatic carbocycles. The lowest BCUT2D eigenvalue weighted by Crippen LogP contribution is -2.60. The van der Waals surface area contributed by atoms with Crippen LogP contribution in [0.2, 0.25) is 0 Å². The average Bonchev–Trinajstić information content (AvgIpc) is 3.60. The summed E-state index contributed by atoms with van der Waals surface area (Å²) in [7, 11) is 1.75. The van der Waals surface area contributed by atoms with Crippen LogP contribution in [-0.4, -0.2) is 94.5 Å². The molecule has 8 nitrogen and oxygen atoms in total. The summed E-state index contributed by atoms with van der Waals surface area (Å²) in [5.74, 6) is -1.57. The number of aliphatic hydroxyl groups is 1. The van der Waals surface area contributed by atoms with Crippen LogP contribution in [0.3, 0.4) is 0 Å². The maximum absolute atomic E-state index is 15.0. The lowest BCUT2D eigenvalue weighted by molar-refractivity contribution is -0.145. The Labute approximate surface area is 262 Å². The van der Waals surface area contributed by atoms with E-state index in [0.29, 0.717) is 6.54 Å². The van der Waals surface area contributed by atoms with E-state index in [2.05, 4.69) is 38.8 Å². The summed E-state index contributed by atoms with van der Waals surface area (Å²) >= 11 is 1.67. The lowest BCUT2D eigenvalue weighted by atomic mass is 9.65. The number of thioether (sulfide) groups is 1. The van der Waals surface area contributed by atoms with E-state index in [1.807, 2.05) is 38.1 Å². The lowest BCUT2D eigenvalue weighted by Gasteiger charge is -2.43. The molecule has 0 aromatic heterocycles. The number of carbonyl (C=O) groups is 3. The fourth-order valence-electron chi connectivity index (χ4n) is 7.76. The molecule has 3 fully saturated rings. The third-order valence-electron chi connectivity index (χ3n) is 10.2. The van der Waals surface area contributed by atoms with Crippen molar-refractivity contribution in [3.05, 3.63) is 49.6 Å². The van der Waals surface area contributed by atoms with Crippen molar-refractivity contribution in [2.24, 2.45) is 23.7 Å². The smallest absolute Gasteiger partial charge is 0.251 e. The number of likely N-dealkylation sites (N-methyl/N-ethyl adjacent to an activating group) is 1. The van der Waals surface area contributed by atoms with E-state index < -0.39 is 28.7 Å². The number of hydrogen-bond donors (Lipinski definition) is 1. The minimum Gasteiger partial charge on any atom is -0.394 e. The Morgan fingerprint density at radius 3 is 2.23 bits per heavy atom. The van der Waals surface area contributed by atoms with Crippen LogP contribution in [0, 0.1) is 23.7 Å². The molecular formula is C34H50N4O4S. The molecule has 0 saturated carbocycles. The normalized spacial score (nSPS) is 28.8. The molecule has 1 N–H and O–H groups in total. The summed E-state index contributed by atoms with van der Waals surface area (Å²) < 4.78 is -0.768. The van der Waals surface area contributed by atoms with Gasteiger partial charge in [0.2, 0.25) is 11.8 Å². The molecule has 236 valence electrons. The maximum Gasteiger partial charge on any atom is 0.251 e. The number of amides is 3. The number of benzene rings is 1. The standard InChI is InChI=1S/C34H50N4O4S/c1-9-18-35(8)31(40)28-27-20-23(7)34(43-27)29(28)32(41)38(26(21-39)22(6)11-3)30(34)33(42)37(19-10-2)25-16-14-24(15-17-25)36(12-4)13-5/h9-10,14-17,22-23,26-30,39H,1-2,11-13,18-21H2,3-8H3/t22-,23?,26-,27-,28+,29-,30?,34?/m0/s1. The fraction of sp³-hybridized carbons (Fsp3) is 0.618. The van der Waals surface area contributed by atoms with Gasteiger partial charge in [-0.05, 0) is 56.4 Å². The van der Waals surface area contributed by atoms with E-state index in [1.54, 1.807) is 45.7 Å². The molecule has 43 heavy (non-hydrogen) atoms. The Balaban J connectivity index is 1.84. The summed E-state index contributed by atoms with van der Waals surface area (Å²) in [4.78, 5) is 50.8. The first-order valence-corrected chi connectivity index (χ1v) is 16.7. The summed E-state index contributed by atoms with van der Waals surface area (Å²) in [5.41, 5.74) is 1.82. The van der Waals surface area contributed by atoms with Gasteiger partial charge in [-0.2, -0.15) is 0 Å². The quantitative estimate of drug-likeness (QED) is 0.314. The molecule has 3 aliphatic rings. The van der Waals surface area contributed by atoms with Crippen molar-refractivity contribution in [1.82, 2.24) is 9.80 Å². The fourth-order valence-corrected chi connectivity index (χ4v) is 10.2. The number of hydrogen-bond acceptors (Lipinski definition) is 6. The van der Waals surface area contributed by atoms with Gasteiger partial charge in [-0.15, -0.1) is 24.9 Å². The van der Waals surface area contributed by atoms with Crippen molar-refractivity contribution in [1.29, 1.82) is 0 Å². The second kappa shape index (κ2) is 13.5. The zero-order valence-corrected chi connectivity index (χ0v) is 27.6. The molecule has 3 unspecified atom stereocenters. The van der Waals surface area contributed by atoms with E-state index in [-0.39, 0.29) is 48.0 Å². The zero-order valence-electron chi connectivity index (χ0n) is 26.7. The molecule has 4 rings (SSSR count). The highest BCUT2D eigenvalue weighted by Crippen LogP contribution is 2.69. The number of aliphatic hydroxyl groups excluding tert-OH is 1. The Hall–Kier alpha value is -2.78. The maximum atomic E-state index is 15.0. The Kier molecular flexibility index (Phi) is 10.4. The molecule has 0 radical (unpaired) electrons. The van der Waals surface area contributed by atoms with Gasteiger partial charge in [-0.3, -0.25) is 14.4 Å². The van der Waals surface area contributed by atoms with Crippen LogP contribution in [0.15, 0.2) is 49.6 Å². The monoisotopic (exact) mass is 610 g/mol. The highest BCUT2D eigenvalue weighted by molar-refractivity contribution is 8.02. The van der Waals surface area contributed by atoms with Gasteiger partial charge in [0.25, 0.3) is 5.91 Å². The molecule has 1 spiro atoms. The Morgan fingerprint density at radius 1 is 1.09 bits per heavy atom. The SMILES string of the molecule is C=CCN(C)C(=O)[C@@H]1[C@@H]2CC(C)C3(S2)C(C(=O)N(CC=C)c2ccc(N(CC)CC)cc2)N([C@@H](CO)[C@@H](C)CC)C(=O)[C@H]13. The number of anilines is 2. The van der Waals surface area contributed by atoms with Gasteiger partial charge in [0.1, 0.15) is 6.04 Å². The first kappa shape index (κ1) is 33.1. The summed E-state index contributed by atoms with van der Waals surface area (Å²) in [5, 5.41) is 10.6. The van der Waals surface area contributed by atoms with E-state index >= 15 is 4.79 Å². The Morgan fingerprint density at radius 2 is 1.70 bits per heavy atom. The molecular weight excluding hydrogens is 560 g/mol. The molecule has 3 amide bonds. The number of nitrogens with zero attached hydrogens (tertiary/aromatic N) is 4. The van der Waals surface area contributed by atoms with E-state index in [1.165, 1.54) is 0 Å². The highest BCUT2D eigenvalue weighted by atomic mass is 32.2. The van der Waals surface area contributed by atoms with E-state index in [9.17, 15) is 14.7 Å². The number of carbonyl (C=O) groups excluding carboxylic acids is 3. The van der Waals surface area contributed by atoms with Gasteiger partial charge in [-0.1, -0.05) is 39.3 Å². The largest absolute Gasteiger partial charge is 0.394 e. The molecule has 3 heterocycles. The van der Waals surface area contributed by atoms with E-state index in [0.717, 1.165) is 37.3 Å². The number of fused-ring (bicyclic) bond motifs is 1. The van der Waals surface area contributed by atoms with Crippen LogP contribution in [-0.2, 0) is 14.4 Å². The predicted octanol–water partition coefficient (Wildman–Crippen LogP) is 4.44. The van der Waals surface area contributed by atoms with Crippen molar-refractivity contribution in [3.63, 3.8) is 0 Å². The van der Waals surface area contributed by atoms with Gasteiger partial charge in [0.05, 0.1) is 29.2 Å². The summed E-state index contributed by atoms with van der Waals surface area (Å²) in [6, 6.07) is 6.64. The molecule has 3 saturated heterocycles. The topological polar surface area (TPSA) is 84.4 Å². The van der Waals surface area contributed by atoms with Gasteiger partial charge in [-0.25, -0.2) is 0 Å². The van der Waals surface area contributed by atoms with Gasteiger partial charge < -0.3 is 24.7 Å². The van der Waals surface area contributed by atoms with E-state index in [4.69, 9.17) is 0 Å². The second-order valence-corrected chi connectivity index (χ2v) is 13.9. The second-order valence-electron chi connectivity index (χ2n) is 12.4. The van der Waals surface area contributed by atoms with Crippen LogP contribution in [0.4, 0.5) is 11.4 Å². The molecule has 3 aliphatic heterocycles. The van der Waals surface area contributed by atoms with Crippen molar-refractivity contribution in [2.75, 3.05) is 49.6 Å². The first-order valence-electron chi connectivity index (χ1n) is 15.8. The molecule has 8 atom stereocenters.